The standard InChI is InChI=1S/C26H26Cl2N6O3/c1-3-37-26(36)34-15-8-9-22(34)17-12-21(18(27)11-14(17)10-15)32-25-30-13-19(28)23(33-25)31-20-7-5-4-6-16(20)24(35)29-2/h4-7,11-13,15,22H,3,8-10H2,1-2H3,(H,29,35)(H2,30,31,32,33). The quantitative estimate of drug-likeness (QED) is 0.359. The van der Waals surface area contributed by atoms with Crippen molar-refractivity contribution in [2.24, 2.45) is 0 Å². The molecule has 9 nitrogen and oxygen atoms in total. The van der Waals surface area contributed by atoms with Crippen molar-refractivity contribution < 1.29 is 14.3 Å². The van der Waals surface area contributed by atoms with Gasteiger partial charge in [0.05, 0.1) is 40.8 Å². The number of fused-ring (bicyclic) bond motifs is 4. The Morgan fingerprint density at radius 2 is 1.92 bits per heavy atom. The number of nitrogens with one attached hydrogen (secondary N) is 3. The number of benzene rings is 2. The van der Waals surface area contributed by atoms with Gasteiger partial charge >= 0.3 is 6.09 Å². The molecule has 3 N–H and O–H groups in total. The first-order chi connectivity index (χ1) is 17.9. The van der Waals surface area contributed by atoms with Gasteiger partial charge in [-0.2, -0.15) is 4.98 Å². The molecular weight excluding hydrogens is 515 g/mol. The molecule has 37 heavy (non-hydrogen) atoms. The molecule has 2 bridgehead atoms. The molecule has 2 aliphatic heterocycles. The number of rotatable bonds is 6. The van der Waals surface area contributed by atoms with Crippen LogP contribution in [0.1, 0.15) is 47.3 Å². The second-order valence-electron chi connectivity index (χ2n) is 8.85. The third-order valence-electron chi connectivity index (χ3n) is 6.67. The van der Waals surface area contributed by atoms with E-state index in [1.54, 1.807) is 25.2 Å². The predicted molar refractivity (Wildman–Crippen MR) is 143 cm³/mol. The number of halogens is 2. The van der Waals surface area contributed by atoms with Gasteiger partial charge in [0.1, 0.15) is 5.02 Å². The summed E-state index contributed by atoms with van der Waals surface area (Å²) in [5.74, 6) is 0.365. The fourth-order valence-corrected chi connectivity index (χ4v) is 5.39. The number of aromatic nitrogens is 2. The number of hydrogen-bond acceptors (Lipinski definition) is 7. The Bertz CT molecular complexity index is 1370. The van der Waals surface area contributed by atoms with Crippen LogP contribution in [0.5, 0.6) is 0 Å². The Labute approximate surface area is 224 Å². The molecule has 2 aromatic carbocycles. The number of para-hydroxylation sites is 1. The fourth-order valence-electron chi connectivity index (χ4n) is 5.02. The SMILES string of the molecule is CCOC(=O)N1C2CCC1c1cc(Nc3ncc(Cl)c(Nc4ccccc4C(=O)NC)n3)c(Cl)cc1C2. The lowest BCUT2D eigenvalue weighted by Gasteiger charge is -2.36. The minimum atomic E-state index is -0.279. The van der Waals surface area contributed by atoms with Gasteiger partial charge in [-0.05, 0) is 61.6 Å². The van der Waals surface area contributed by atoms with Gasteiger partial charge in [-0.15, -0.1) is 0 Å². The van der Waals surface area contributed by atoms with Crippen LogP contribution in [0.15, 0.2) is 42.6 Å². The van der Waals surface area contributed by atoms with E-state index >= 15 is 0 Å². The molecule has 11 heteroatoms. The van der Waals surface area contributed by atoms with Gasteiger partial charge in [-0.1, -0.05) is 35.3 Å². The molecule has 3 aromatic rings. The van der Waals surface area contributed by atoms with E-state index in [2.05, 4.69) is 25.9 Å². The third-order valence-corrected chi connectivity index (χ3v) is 7.26. The van der Waals surface area contributed by atoms with Gasteiger partial charge in [0.2, 0.25) is 5.95 Å². The third kappa shape index (κ3) is 4.89. The summed E-state index contributed by atoms with van der Waals surface area (Å²) in [6.45, 7) is 2.15. The molecular formula is C26H26Cl2N6O3. The van der Waals surface area contributed by atoms with Crippen LogP contribution >= 0.6 is 23.2 Å². The van der Waals surface area contributed by atoms with Crippen LogP contribution in [0.4, 0.5) is 27.9 Å². The Morgan fingerprint density at radius 3 is 2.70 bits per heavy atom. The lowest BCUT2D eigenvalue weighted by Crippen LogP contribution is -2.42. The van der Waals surface area contributed by atoms with Crippen LogP contribution in [-0.2, 0) is 11.2 Å². The van der Waals surface area contributed by atoms with Crippen LogP contribution in [0, 0.1) is 0 Å². The molecule has 0 saturated carbocycles. The Kier molecular flexibility index (Phi) is 7.08. The highest BCUT2D eigenvalue weighted by Crippen LogP contribution is 2.46. The molecule has 0 aliphatic carbocycles. The molecule has 2 atom stereocenters. The average Bonchev–Trinajstić information content (AvgIpc) is 3.22. The molecule has 1 fully saturated rings. The highest BCUT2D eigenvalue weighted by Gasteiger charge is 2.43. The number of anilines is 4. The zero-order valence-electron chi connectivity index (χ0n) is 20.3. The first-order valence-electron chi connectivity index (χ1n) is 12.0. The van der Waals surface area contributed by atoms with Crippen molar-refractivity contribution in [3.63, 3.8) is 0 Å². The first kappa shape index (κ1) is 25.1. The van der Waals surface area contributed by atoms with E-state index in [1.165, 1.54) is 6.20 Å². The number of amides is 2. The van der Waals surface area contributed by atoms with E-state index in [0.29, 0.717) is 34.4 Å². The number of hydrogen-bond donors (Lipinski definition) is 3. The number of nitrogens with zero attached hydrogens (tertiary/aromatic N) is 3. The van der Waals surface area contributed by atoms with Crippen molar-refractivity contribution in [2.45, 2.75) is 38.3 Å². The zero-order chi connectivity index (χ0) is 26.1. The van der Waals surface area contributed by atoms with Crippen molar-refractivity contribution in [1.82, 2.24) is 20.2 Å². The van der Waals surface area contributed by atoms with Gasteiger partial charge in [0.25, 0.3) is 5.91 Å². The lowest BCUT2D eigenvalue weighted by molar-refractivity contribution is 0.0838. The maximum Gasteiger partial charge on any atom is 0.410 e. The number of carbonyl (C=O) groups is 2. The van der Waals surface area contributed by atoms with Crippen molar-refractivity contribution in [3.8, 4) is 0 Å². The summed E-state index contributed by atoms with van der Waals surface area (Å²) in [6.07, 6.45) is 3.72. The van der Waals surface area contributed by atoms with Crippen molar-refractivity contribution in [1.29, 1.82) is 0 Å². The van der Waals surface area contributed by atoms with Crippen LogP contribution in [0.2, 0.25) is 10.0 Å². The molecule has 2 amide bonds. The second-order valence-corrected chi connectivity index (χ2v) is 9.67. The molecule has 2 aliphatic rings. The second kappa shape index (κ2) is 10.4. The van der Waals surface area contributed by atoms with Gasteiger partial charge in [-0.3, -0.25) is 9.69 Å². The van der Waals surface area contributed by atoms with Crippen LogP contribution in [0.25, 0.3) is 0 Å². The maximum absolute atomic E-state index is 12.6. The Balaban J connectivity index is 1.42. The fraction of sp³-hybridized carbons (Fsp3) is 0.308. The molecule has 3 heterocycles. The van der Waals surface area contributed by atoms with E-state index in [4.69, 9.17) is 27.9 Å². The molecule has 5 rings (SSSR count). The highest BCUT2D eigenvalue weighted by molar-refractivity contribution is 6.33. The normalized spacial score (nSPS) is 17.7. The minimum absolute atomic E-state index is 0.0600. The Morgan fingerprint density at radius 1 is 1.11 bits per heavy atom. The summed E-state index contributed by atoms with van der Waals surface area (Å²) < 4.78 is 5.31. The van der Waals surface area contributed by atoms with Gasteiger partial charge < -0.3 is 20.7 Å². The smallest absolute Gasteiger partial charge is 0.410 e. The maximum atomic E-state index is 12.6. The van der Waals surface area contributed by atoms with E-state index in [1.807, 2.05) is 30.0 Å². The van der Waals surface area contributed by atoms with E-state index in [-0.39, 0.29) is 35.1 Å². The summed E-state index contributed by atoms with van der Waals surface area (Å²) in [6, 6.07) is 11.0. The highest BCUT2D eigenvalue weighted by atomic mass is 35.5. The molecule has 192 valence electrons. The molecule has 1 saturated heterocycles. The van der Waals surface area contributed by atoms with Gasteiger partial charge in [-0.25, -0.2) is 9.78 Å². The summed E-state index contributed by atoms with van der Waals surface area (Å²) in [5.41, 5.74) is 3.80. The molecule has 2 unspecified atom stereocenters. The first-order valence-corrected chi connectivity index (χ1v) is 12.8. The number of carbonyl (C=O) groups excluding carboxylic acids is 2. The van der Waals surface area contributed by atoms with E-state index in [0.717, 1.165) is 30.4 Å². The van der Waals surface area contributed by atoms with Gasteiger partial charge in [0.15, 0.2) is 5.82 Å². The van der Waals surface area contributed by atoms with Crippen LogP contribution in [-0.4, -0.2) is 46.6 Å². The molecule has 1 aromatic heterocycles. The molecule has 0 radical (unpaired) electrons. The summed E-state index contributed by atoms with van der Waals surface area (Å²) >= 11 is 13.0. The van der Waals surface area contributed by atoms with Crippen LogP contribution < -0.4 is 16.0 Å². The van der Waals surface area contributed by atoms with E-state index < -0.39 is 0 Å². The lowest BCUT2D eigenvalue weighted by atomic mass is 9.93. The number of ether oxygens (including phenoxy) is 1. The van der Waals surface area contributed by atoms with Crippen molar-refractivity contribution >= 4 is 58.3 Å². The van der Waals surface area contributed by atoms with Crippen molar-refractivity contribution in [3.05, 3.63) is 69.3 Å². The monoisotopic (exact) mass is 540 g/mol. The van der Waals surface area contributed by atoms with E-state index in [9.17, 15) is 9.59 Å². The van der Waals surface area contributed by atoms with Crippen LogP contribution in [0.3, 0.4) is 0 Å². The topological polar surface area (TPSA) is 108 Å². The zero-order valence-corrected chi connectivity index (χ0v) is 21.9. The Hall–Kier alpha value is -3.56. The minimum Gasteiger partial charge on any atom is -0.450 e. The van der Waals surface area contributed by atoms with Gasteiger partial charge in [0, 0.05) is 13.1 Å². The summed E-state index contributed by atoms with van der Waals surface area (Å²) in [4.78, 5) is 35.5. The average molecular weight is 541 g/mol. The largest absolute Gasteiger partial charge is 0.450 e. The predicted octanol–water partition coefficient (Wildman–Crippen LogP) is 5.85. The van der Waals surface area contributed by atoms with Crippen molar-refractivity contribution in [2.75, 3.05) is 24.3 Å². The molecule has 0 spiro atoms. The summed E-state index contributed by atoms with van der Waals surface area (Å²) in [5, 5.41) is 9.75. The summed E-state index contributed by atoms with van der Waals surface area (Å²) in [7, 11) is 1.57.